The van der Waals surface area contributed by atoms with Crippen molar-refractivity contribution in [2.75, 3.05) is 0 Å². The van der Waals surface area contributed by atoms with Gasteiger partial charge in [0.25, 0.3) is 0 Å². The second kappa shape index (κ2) is 7.93. The summed E-state index contributed by atoms with van der Waals surface area (Å²) in [5.41, 5.74) is 0. The topological polar surface area (TPSA) is 0 Å². The minimum atomic E-state index is 0.899. The van der Waals surface area contributed by atoms with Gasteiger partial charge in [0.1, 0.15) is 0 Å². The van der Waals surface area contributed by atoms with E-state index in [0.717, 1.165) is 65.1 Å². The smallest absolute Gasteiger partial charge is 0.0337 e. The zero-order chi connectivity index (χ0) is 18.3. The molecule has 0 aromatic heterocycles. The monoisotopic (exact) mass is 346 g/mol. The predicted molar refractivity (Wildman–Crippen MR) is 110 cm³/mol. The van der Waals surface area contributed by atoms with E-state index in [1.807, 2.05) is 0 Å². The molecule has 3 aliphatic carbocycles. The van der Waals surface area contributed by atoms with Crippen LogP contribution in [0.25, 0.3) is 0 Å². The molecule has 146 valence electrons. The molecule has 0 saturated heterocycles. The van der Waals surface area contributed by atoms with Crippen molar-refractivity contribution >= 4 is 0 Å². The first-order valence-corrected chi connectivity index (χ1v) is 11.8. The van der Waals surface area contributed by atoms with Gasteiger partial charge in [-0.15, -0.1) is 0 Å². The second-order valence-electron chi connectivity index (χ2n) is 11.4. The Balaban J connectivity index is 1.42. The van der Waals surface area contributed by atoms with Gasteiger partial charge in [0.15, 0.2) is 0 Å². The van der Waals surface area contributed by atoms with Crippen molar-refractivity contribution in [3.63, 3.8) is 0 Å². The van der Waals surface area contributed by atoms with Gasteiger partial charge >= 0.3 is 0 Å². The van der Waals surface area contributed by atoms with Crippen LogP contribution in [0.3, 0.4) is 0 Å². The molecule has 0 heteroatoms. The highest BCUT2D eigenvalue weighted by atomic mass is 14.5. The normalized spacial score (nSPS) is 46.7. The van der Waals surface area contributed by atoms with Crippen LogP contribution in [0.15, 0.2) is 0 Å². The summed E-state index contributed by atoms with van der Waals surface area (Å²) in [5, 5.41) is 0. The lowest BCUT2D eigenvalue weighted by Crippen LogP contribution is -2.42. The molecule has 9 unspecified atom stereocenters. The molecule has 9 atom stereocenters. The molecule has 0 spiro atoms. The fraction of sp³-hybridized carbons (Fsp3) is 1.00. The highest BCUT2D eigenvalue weighted by Gasteiger charge is 2.44. The number of rotatable bonds is 8. The van der Waals surface area contributed by atoms with Gasteiger partial charge in [0, 0.05) is 0 Å². The SMILES string of the molecule is CC(C)C1CC(C)C1CCC1CC(C)C1CCC1CC(C)C1C(C)C. The van der Waals surface area contributed by atoms with Crippen molar-refractivity contribution in [3.05, 3.63) is 0 Å². The molecule has 0 heterocycles. The van der Waals surface area contributed by atoms with E-state index in [1.54, 1.807) is 12.8 Å². The van der Waals surface area contributed by atoms with E-state index >= 15 is 0 Å². The Kier molecular flexibility index (Phi) is 6.27. The average Bonchev–Trinajstić information content (AvgIpc) is 2.49. The molecule has 3 rings (SSSR count). The van der Waals surface area contributed by atoms with Gasteiger partial charge in [-0.25, -0.2) is 0 Å². The first-order chi connectivity index (χ1) is 11.8. The third kappa shape index (κ3) is 3.98. The maximum Gasteiger partial charge on any atom is -0.0337 e. The lowest BCUT2D eigenvalue weighted by atomic mass is 9.55. The van der Waals surface area contributed by atoms with E-state index in [1.165, 1.54) is 32.1 Å². The van der Waals surface area contributed by atoms with Crippen molar-refractivity contribution in [2.45, 2.75) is 93.4 Å². The summed E-state index contributed by atoms with van der Waals surface area (Å²) in [6, 6.07) is 0. The molecular formula is C25H46. The summed E-state index contributed by atoms with van der Waals surface area (Å²) in [6.45, 7) is 17.3. The fourth-order valence-corrected chi connectivity index (χ4v) is 7.60. The number of hydrogen-bond acceptors (Lipinski definition) is 0. The second-order valence-corrected chi connectivity index (χ2v) is 11.4. The van der Waals surface area contributed by atoms with Gasteiger partial charge in [-0.1, -0.05) is 48.5 Å². The molecule has 3 saturated carbocycles. The molecule has 0 radical (unpaired) electrons. The molecule has 3 fully saturated rings. The molecule has 0 amide bonds. The molecule has 0 nitrogen and oxygen atoms in total. The molecule has 0 aliphatic heterocycles. The first-order valence-electron chi connectivity index (χ1n) is 11.8. The third-order valence-electron chi connectivity index (χ3n) is 9.18. The van der Waals surface area contributed by atoms with Crippen molar-refractivity contribution in [1.29, 1.82) is 0 Å². The molecule has 0 bridgehead atoms. The quantitative estimate of drug-likeness (QED) is 0.423. The van der Waals surface area contributed by atoms with Gasteiger partial charge in [-0.05, 0) is 110 Å². The van der Waals surface area contributed by atoms with Crippen LogP contribution in [0.2, 0.25) is 0 Å². The maximum absolute atomic E-state index is 2.54. The zero-order valence-corrected chi connectivity index (χ0v) is 18.3. The van der Waals surface area contributed by atoms with Crippen LogP contribution in [0, 0.1) is 65.1 Å². The van der Waals surface area contributed by atoms with Gasteiger partial charge in [-0.2, -0.15) is 0 Å². The summed E-state index contributed by atoms with van der Waals surface area (Å²) in [6.07, 6.45) is 10.7. The van der Waals surface area contributed by atoms with E-state index in [2.05, 4.69) is 48.5 Å². The molecule has 0 aromatic rings. The van der Waals surface area contributed by atoms with E-state index < -0.39 is 0 Å². The summed E-state index contributed by atoms with van der Waals surface area (Å²) < 4.78 is 0. The van der Waals surface area contributed by atoms with Gasteiger partial charge < -0.3 is 0 Å². The Morgan fingerprint density at radius 3 is 1.68 bits per heavy atom. The van der Waals surface area contributed by atoms with Gasteiger partial charge in [0.05, 0.1) is 0 Å². The minimum absolute atomic E-state index is 0.899. The Hall–Kier alpha value is 0. The van der Waals surface area contributed by atoms with Crippen LogP contribution < -0.4 is 0 Å². The molecule has 0 aromatic carbocycles. The molecular weight excluding hydrogens is 300 g/mol. The van der Waals surface area contributed by atoms with Crippen LogP contribution in [0.5, 0.6) is 0 Å². The standard InChI is InChI=1S/C25H46/c1-15(2)24-14-18(6)23(24)11-8-20-12-17(5)22(20)10-9-21-13-19(7)25(21)16(3)4/h15-25H,8-14H2,1-7H3. The van der Waals surface area contributed by atoms with Gasteiger partial charge in [0.2, 0.25) is 0 Å². The van der Waals surface area contributed by atoms with Crippen molar-refractivity contribution < 1.29 is 0 Å². The predicted octanol–water partition coefficient (Wildman–Crippen LogP) is 7.68. The first kappa shape index (κ1) is 19.8. The van der Waals surface area contributed by atoms with Gasteiger partial charge in [-0.3, -0.25) is 0 Å². The summed E-state index contributed by atoms with van der Waals surface area (Å²) >= 11 is 0. The minimum Gasteiger partial charge on any atom is -0.0625 e. The highest BCUT2D eigenvalue weighted by Crippen LogP contribution is 2.53. The Labute approximate surface area is 158 Å². The summed E-state index contributed by atoms with van der Waals surface area (Å²) in [5.74, 6) is 11.1. The average molecular weight is 347 g/mol. The molecule has 0 N–H and O–H groups in total. The van der Waals surface area contributed by atoms with Crippen LogP contribution >= 0.6 is 0 Å². The third-order valence-corrected chi connectivity index (χ3v) is 9.18. The summed E-state index contributed by atoms with van der Waals surface area (Å²) in [4.78, 5) is 0. The van der Waals surface area contributed by atoms with E-state index in [0.29, 0.717) is 0 Å². The Morgan fingerprint density at radius 2 is 1.16 bits per heavy atom. The van der Waals surface area contributed by atoms with Crippen molar-refractivity contribution in [1.82, 2.24) is 0 Å². The van der Waals surface area contributed by atoms with Crippen LogP contribution in [-0.4, -0.2) is 0 Å². The lowest BCUT2D eigenvalue weighted by molar-refractivity contribution is -0.00584. The van der Waals surface area contributed by atoms with Crippen LogP contribution in [0.1, 0.15) is 93.4 Å². The maximum atomic E-state index is 2.54. The highest BCUT2D eigenvalue weighted by molar-refractivity contribution is 4.94. The van der Waals surface area contributed by atoms with Crippen LogP contribution in [-0.2, 0) is 0 Å². The van der Waals surface area contributed by atoms with Crippen molar-refractivity contribution in [2.24, 2.45) is 65.1 Å². The molecule has 25 heavy (non-hydrogen) atoms. The largest absolute Gasteiger partial charge is 0.0625 e. The zero-order valence-electron chi connectivity index (χ0n) is 18.3. The molecule has 3 aliphatic rings. The van der Waals surface area contributed by atoms with Crippen molar-refractivity contribution in [3.8, 4) is 0 Å². The lowest BCUT2D eigenvalue weighted by Gasteiger charge is -2.50. The summed E-state index contributed by atoms with van der Waals surface area (Å²) in [7, 11) is 0. The van der Waals surface area contributed by atoms with E-state index in [9.17, 15) is 0 Å². The Bertz CT molecular complexity index is 417. The van der Waals surface area contributed by atoms with Crippen LogP contribution in [0.4, 0.5) is 0 Å². The Morgan fingerprint density at radius 1 is 0.600 bits per heavy atom. The number of hydrogen-bond donors (Lipinski definition) is 0. The fourth-order valence-electron chi connectivity index (χ4n) is 7.60. The van der Waals surface area contributed by atoms with E-state index in [4.69, 9.17) is 0 Å². The van der Waals surface area contributed by atoms with E-state index in [-0.39, 0.29) is 0 Å².